The second-order valence-corrected chi connectivity index (χ2v) is 5.50. The Morgan fingerprint density at radius 1 is 1.14 bits per heavy atom. The fourth-order valence-corrected chi connectivity index (χ4v) is 2.81. The third-order valence-corrected chi connectivity index (χ3v) is 4.05. The average Bonchev–Trinajstić information content (AvgIpc) is 3.00. The molecule has 0 saturated heterocycles. The van der Waals surface area contributed by atoms with Gasteiger partial charge in [-0.15, -0.1) is 0 Å². The van der Waals surface area contributed by atoms with E-state index in [1.165, 1.54) is 11.1 Å². The Morgan fingerprint density at radius 2 is 1.95 bits per heavy atom. The highest BCUT2D eigenvalue weighted by Crippen LogP contribution is 2.29. The summed E-state index contributed by atoms with van der Waals surface area (Å²) in [7, 11) is 0. The van der Waals surface area contributed by atoms with Gasteiger partial charge in [0.15, 0.2) is 0 Å². The summed E-state index contributed by atoms with van der Waals surface area (Å²) < 4.78 is 5.54. The van der Waals surface area contributed by atoms with Crippen LogP contribution in [0.25, 0.3) is 0 Å². The molecular formula is C18H21NO2. The molecule has 2 atom stereocenters. The number of rotatable bonds is 5. The largest absolute Gasteiger partial charge is 0.493 e. The quantitative estimate of drug-likeness (QED) is 0.886. The number of aliphatic hydroxyl groups excluding tert-OH is 1. The van der Waals surface area contributed by atoms with Gasteiger partial charge in [-0.3, -0.25) is 0 Å². The van der Waals surface area contributed by atoms with Crippen LogP contribution in [0.15, 0.2) is 48.5 Å². The first-order chi connectivity index (χ1) is 10.3. The zero-order valence-corrected chi connectivity index (χ0v) is 12.3. The lowest BCUT2D eigenvalue weighted by Gasteiger charge is -2.23. The van der Waals surface area contributed by atoms with Gasteiger partial charge in [-0.05, 0) is 29.7 Å². The first kappa shape index (κ1) is 14.1. The Kier molecular flexibility index (Phi) is 4.23. The van der Waals surface area contributed by atoms with E-state index in [9.17, 15) is 5.11 Å². The minimum absolute atomic E-state index is 0.0503. The Bertz CT molecular complexity index is 597. The van der Waals surface area contributed by atoms with E-state index in [0.29, 0.717) is 0 Å². The summed E-state index contributed by atoms with van der Waals surface area (Å²) in [5.41, 5.74) is 3.62. The Morgan fingerprint density at radius 3 is 2.71 bits per heavy atom. The Hall–Kier alpha value is -1.84. The van der Waals surface area contributed by atoms with Gasteiger partial charge in [0, 0.05) is 12.5 Å². The van der Waals surface area contributed by atoms with Gasteiger partial charge in [0.05, 0.1) is 19.3 Å². The summed E-state index contributed by atoms with van der Waals surface area (Å²) >= 11 is 0. The summed E-state index contributed by atoms with van der Waals surface area (Å²) in [4.78, 5) is 0. The Balaban J connectivity index is 1.74. The molecule has 2 aromatic carbocycles. The molecule has 2 N–H and O–H groups in total. The van der Waals surface area contributed by atoms with Gasteiger partial charge < -0.3 is 15.2 Å². The molecule has 3 rings (SSSR count). The lowest BCUT2D eigenvalue weighted by atomic mass is 10.0. The van der Waals surface area contributed by atoms with Crippen LogP contribution in [-0.2, 0) is 6.42 Å². The molecule has 0 spiro atoms. The van der Waals surface area contributed by atoms with Gasteiger partial charge in [-0.2, -0.15) is 0 Å². The molecular weight excluding hydrogens is 262 g/mol. The monoisotopic (exact) mass is 283 g/mol. The van der Waals surface area contributed by atoms with Crippen LogP contribution in [-0.4, -0.2) is 18.3 Å². The lowest BCUT2D eigenvalue weighted by Crippen LogP contribution is -2.27. The van der Waals surface area contributed by atoms with Crippen LogP contribution >= 0.6 is 0 Å². The van der Waals surface area contributed by atoms with E-state index in [4.69, 9.17) is 4.74 Å². The van der Waals surface area contributed by atoms with E-state index < -0.39 is 0 Å². The highest BCUT2D eigenvalue weighted by molar-refractivity contribution is 5.40. The van der Waals surface area contributed by atoms with E-state index in [2.05, 4.69) is 24.4 Å². The third kappa shape index (κ3) is 3.09. The molecule has 1 aliphatic rings. The molecule has 0 fully saturated rings. The van der Waals surface area contributed by atoms with Gasteiger partial charge in [0.1, 0.15) is 5.75 Å². The smallest absolute Gasteiger partial charge is 0.122 e. The topological polar surface area (TPSA) is 41.5 Å². The molecule has 0 bridgehead atoms. The molecule has 0 amide bonds. The van der Waals surface area contributed by atoms with Crippen molar-refractivity contribution in [1.29, 1.82) is 0 Å². The molecule has 2 aromatic rings. The van der Waals surface area contributed by atoms with Crippen molar-refractivity contribution in [2.45, 2.75) is 25.4 Å². The third-order valence-electron chi connectivity index (χ3n) is 4.05. The maximum atomic E-state index is 9.65. The highest BCUT2D eigenvalue weighted by Gasteiger charge is 2.17. The molecule has 0 radical (unpaired) electrons. The molecule has 0 aromatic heterocycles. The van der Waals surface area contributed by atoms with Gasteiger partial charge in [-0.25, -0.2) is 0 Å². The minimum atomic E-state index is -0.0503. The molecule has 1 heterocycles. The number of nitrogens with one attached hydrogen (secondary N) is 1. The van der Waals surface area contributed by atoms with E-state index in [0.717, 1.165) is 24.3 Å². The van der Waals surface area contributed by atoms with Crippen molar-refractivity contribution >= 4 is 0 Å². The van der Waals surface area contributed by atoms with Crippen LogP contribution in [0.4, 0.5) is 0 Å². The van der Waals surface area contributed by atoms with Gasteiger partial charge in [0.25, 0.3) is 0 Å². The van der Waals surface area contributed by atoms with E-state index >= 15 is 0 Å². The SMILES string of the molecule is CC(N[C@H](CO)c1ccccc1)c1ccc2c(c1)CCO2. The second-order valence-electron chi connectivity index (χ2n) is 5.50. The van der Waals surface area contributed by atoms with Crippen molar-refractivity contribution in [2.24, 2.45) is 0 Å². The minimum Gasteiger partial charge on any atom is -0.493 e. The van der Waals surface area contributed by atoms with Crippen LogP contribution in [0.1, 0.15) is 35.7 Å². The maximum Gasteiger partial charge on any atom is 0.122 e. The fraction of sp³-hybridized carbons (Fsp3) is 0.333. The fourth-order valence-electron chi connectivity index (χ4n) is 2.81. The molecule has 3 nitrogen and oxygen atoms in total. The molecule has 21 heavy (non-hydrogen) atoms. The van der Waals surface area contributed by atoms with Crippen LogP contribution < -0.4 is 10.1 Å². The number of fused-ring (bicyclic) bond motifs is 1. The predicted molar refractivity (Wildman–Crippen MR) is 83.5 cm³/mol. The van der Waals surface area contributed by atoms with E-state index in [-0.39, 0.29) is 18.7 Å². The molecule has 1 unspecified atom stereocenters. The first-order valence-corrected chi connectivity index (χ1v) is 7.45. The Labute approximate surface area is 125 Å². The number of hydrogen-bond acceptors (Lipinski definition) is 3. The number of hydrogen-bond donors (Lipinski definition) is 2. The van der Waals surface area contributed by atoms with E-state index in [1.807, 2.05) is 36.4 Å². The van der Waals surface area contributed by atoms with Crippen LogP contribution in [0.3, 0.4) is 0 Å². The van der Waals surface area contributed by atoms with Crippen LogP contribution in [0, 0.1) is 0 Å². The van der Waals surface area contributed by atoms with Crippen molar-refractivity contribution < 1.29 is 9.84 Å². The summed E-state index contributed by atoms with van der Waals surface area (Å²) in [6, 6.07) is 16.5. The zero-order valence-electron chi connectivity index (χ0n) is 12.3. The van der Waals surface area contributed by atoms with Crippen molar-refractivity contribution in [3.05, 3.63) is 65.2 Å². The van der Waals surface area contributed by atoms with Gasteiger partial charge in [0.2, 0.25) is 0 Å². The zero-order chi connectivity index (χ0) is 14.7. The van der Waals surface area contributed by atoms with E-state index in [1.54, 1.807) is 0 Å². The van der Waals surface area contributed by atoms with Crippen LogP contribution in [0.5, 0.6) is 5.75 Å². The van der Waals surface area contributed by atoms with Crippen molar-refractivity contribution in [1.82, 2.24) is 5.32 Å². The summed E-state index contributed by atoms with van der Waals surface area (Å²) in [6.07, 6.45) is 0.984. The number of aliphatic hydroxyl groups is 1. The maximum absolute atomic E-state index is 9.65. The summed E-state index contributed by atoms with van der Waals surface area (Å²) in [5.74, 6) is 1.01. The predicted octanol–water partition coefficient (Wildman–Crippen LogP) is 3.01. The standard InChI is InChI=1S/C18H21NO2/c1-13(15-7-8-18-16(11-15)9-10-21-18)19-17(12-20)14-5-3-2-4-6-14/h2-8,11,13,17,19-20H,9-10,12H2,1H3/t13?,17-/m1/s1. The first-order valence-electron chi connectivity index (χ1n) is 7.45. The molecule has 0 saturated carbocycles. The average molecular weight is 283 g/mol. The molecule has 3 heteroatoms. The molecule has 1 aliphatic heterocycles. The lowest BCUT2D eigenvalue weighted by molar-refractivity contribution is 0.235. The van der Waals surface area contributed by atoms with Gasteiger partial charge >= 0.3 is 0 Å². The summed E-state index contributed by atoms with van der Waals surface area (Å²) in [6.45, 7) is 3.00. The normalized spacial score (nSPS) is 16.1. The van der Waals surface area contributed by atoms with Crippen molar-refractivity contribution in [3.63, 3.8) is 0 Å². The molecule has 0 aliphatic carbocycles. The highest BCUT2D eigenvalue weighted by atomic mass is 16.5. The van der Waals surface area contributed by atoms with Crippen LogP contribution in [0.2, 0.25) is 0 Å². The summed E-state index contributed by atoms with van der Waals surface area (Å²) in [5, 5.41) is 13.1. The molecule has 110 valence electrons. The van der Waals surface area contributed by atoms with Crippen molar-refractivity contribution in [3.8, 4) is 5.75 Å². The van der Waals surface area contributed by atoms with Crippen molar-refractivity contribution in [2.75, 3.05) is 13.2 Å². The van der Waals surface area contributed by atoms with Gasteiger partial charge in [-0.1, -0.05) is 42.5 Å². The number of ether oxygens (including phenoxy) is 1. The second kappa shape index (κ2) is 6.29. The number of benzene rings is 2.